The van der Waals surface area contributed by atoms with Crippen LogP contribution in [0.15, 0.2) is 0 Å². The molecule has 1 N–H and O–H groups in total. The normalized spacial score (nSPS) is 9.33. The van der Waals surface area contributed by atoms with Gasteiger partial charge in [-0.3, -0.25) is 9.59 Å². The van der Waals surface area contributed by atoms with E-state index in [1.54, 1.807) is 0 Å². The van der Waals surface area contributed by atoms with Crippen molar-refractivity contribution in [3.8, 4) is 0 Å². The molecule has 0 saturated carbocycles. The molecule has 0 aromatic rings. The van der Waals surface area contributed by atoms with Crippen LogP contribution in [0.2, 0.25) is 0 Å². The zero-order valence-corrected chi connectivity index (χ0v) is 10.1. The number of carbonyl (C=O) groups is 2. The molecule has 0 rings (SSSR count). The number of hydrogen-bond acceptors (Lipinski definition) is 4. The second-order valence-electron chi connectivity index (χ2n) is 3.11. The summed E-state index contributed by atoms with van der Waals surface area (Å²) < 4.78 is 9.01. The number of hydrogen-bond donors (Lipinski definition) is 1. The Balaban J connectivity index is 0. The Morgan fingerprint density at radius 1 is 1.00 bits per heavy atom. The Morgan fingerprint density at radius 2 is 1.33 bits per heavy atom. The number of quaternary nitrogens is 1. The fourth-order valence-corrected chi connectivity index (χ4v) is 0.960. The van der Waals surface area contributed by atoms with Gasteiger partial charge >= 0.3 is 11.9 Å². The van der Waals surface area contributed by atoms with Gasteiger partial charge in [0.05, 0.1) is 47.2 Å². The molecule has 0 heterocycles. The fraction of sp³-hybridized carbons (Fsp3) is 0.778. The van der Waals surface area contributed by atoms with Gasteiger partial charge < -0.3 is 26.8 Å². The summed E-state index contributed by atoms with van der Waals surface area (Å²) in [6, 6.07) is 0. The van der Waals surface area contributed by atoms with E-state index in [-0.39, 0.29) is 24.3 Å². The number of rotatable bonds is 6. The summed E-state index contributed by atoms with van der Waals surface area (Å²) >= 11 is 0. The van der Waals surface area contributed by atoms with Gasteiger partial charge in [-0.05, 0) is 0 Å². The number of ether oxygens (including phenoxy) is 2. The van der Waals surface area contributed by atoms with Crippen LogP contribution in [0.3, 0.4) is 0 Å². The minimum absolute atomic E-state index is 0. The molecule has 6 heteroatoms. The van der Waals surface area contributed by atoms with Crippen LogP contribution in [0, 0.1) is 0 Å². The Hall–Kier alpha value is -0.810. The number of esters is 2. The lowest BCUT2D eigenvalue weighted by Crippen LogP contribution is -3.09. The molecule has 90 valence electrons. The molecule has 0 aromatic heterocycles. The minimum atomic E-state index is -0.220. The Morgan fingerprint density at radius 3 is 1.60 bits per heavy atom. The lowest BCUT2D eigenvalue weighted by Gasteiger charge is -2.11. The highest BCUT2D eigenvalue weighted by molar-refractivity contribution is 5.69. The predicted molar refractivity (Wildman–Crippen MR) is 49.9 cm³/mol. The van der Waals surface area contributed by atoms with Gasteiger partial charge in [-0.1, -0.05) is 0 Å². The third-order valence-electron chi connectivity index (χ3n) is 1.97. The number of nitrogens with one attached hydrogen (secondary N) is 1. The first-order chi connectivity index (χ1) is 6.60. The number of methoxy groups -OCH3 is 2. The first kappa shape index (κ1) is 16.6. The second kappa shape index (κ2) is 9.73. The van der Waals surface area contributed by atoms with Crippen molar-refractivity contribution in [3.05, 3.63) is 0 Å². The smallest absolute Gasteiger partial charge is 0.311 e. The van der Waals surface area contributed by atoms with Gasteiger partial charge in [-0.25, -0.2) is 0 Å². The zero-order chi connectivity index (χ0) is 11.0. The summed E-state index contributed by atoms with van der Waals surface area (Å²) in [4.78, 5) is 22.7. The zero-order valence-electron chi connectivity index (χ0n) is 9.34. The SMILES string of the molecule is COC(=O)CC[NH+](C)CCC(=O)OC.[Cl-]. The van der Waals surface area contributed by atoms with E-state index >= 15 is 0 Å². The van der Waals surface area contributed by atoms with E-state index in [2.05, 4.69) is 9.47 Å². The molecule has 15 heavy (non-hydrogen) atoms. The molecular weight excluding hydrogens is 222 g/mol. The van der Waals surface area contributed by atoms with Crippen molar-refractivity contribution >= 4 is 11.9 Å². The van der Waals surface area contributed by atoms with Crippen molar-refractivity contribution in [1.29, 1.82) is 0 Å². The highest BCUT2D eigenvalue weighted by Gasteiger charge is 2.09. The van der Waals surface area contributed by atoms with Gasteiger partial charge in [0.25, 0.3) is 0 Å². The Kier molecular flexibility index (Phi) is 10.8. The van der Waals surface area contributed by atoms with E-state index in [0.29, 0.717) is 25.9 Å². The molecule has 0 atom stereocenters. The quantitative estimate of drug-likeness (QED) is 0.476. The van der Waals surface area contributed by atoms with Crippen LogP contribution in [0.1, 0.15) is 12.8 Å². The fourth-order valence-electron chi connectivity index (χ4n) is 0.960. The second-order valence-corrected chi connectivity index (χ2v) is 3.11. The monoisotopic (exact) mass is 239 g/mol. The largest absolute Gasteiger partial charge is 1.00 e. The van der Waals surface area contributed by atoms with Crippen LogP contribution in [0.25, 0.3) is 0 Å². The molecule has 0 saturated heterocycles. The molecule has 0 unspecified atom stereocenters. The molecule has 0 radical (unpaired) electrons. The molecule has 0 spiro atoms. The highest BCUT2D eigenvalue weighted by atomic mass is 35.5. The van der Waals surface area contributed by atoms with E-state index in [1.165, 1.54) is 14.2 Å². The van der Waals surface area contributed by atoms with Gasteiger partial charge in [0.1, 0.15) is 0 Å². The number of halogens is 1. The average molecular weight is 240 g/mol. The maximum Gasteiger partial charge on any atom is 0.311 e. The first-order valence-electron chi connectivity index (χ1n) is 4.55. The van der Waals surface area contributed by atoms with Gasteiger partial charge in [0.15, 0.2) is 0 Å². The first-order valence-corrected chi connectivity index (χ1v) is 4.55. The molecule has 0 aliphatic rings. The van der Waals surface area contributed by atoms with E-state index < -0.39 is 0 Å². The van der Waals surface area contributed by atoms with Crippen LogP contribution in [-0.4, -0.2) is 46.3 Å². The average Bonchev–Trinajstić information content (AvgIpc) is 2.22. The van der Waals surface area contributed by atoms with Crippen LogP contribution in [-0.2, 0) is 19.1 Å². The van der Waals surface area contributed by atoms with Crippen LogP contribution >= 0.6 is 0 Å². The third-order valence-corrected chi connectivity index (χ3v) is 1.97. The van der Waals surface area contributed by atoms with Gasteiger partial charge in [0, 0.05) is 0 Å². The summed E-state index contributed by atoms with van der Waals surface area (Å²) in [5.41, 5.74) is 0. The Labute approximate surface area is 96.1 Å². The van der Waals surface area contributed by atoms with Crippen LogP contribution in [0.5, 0.6) is 0 Å². The van der Waals surface area contributed by atoms with E-state index in [1.807, 2.05) is 7.05 Å². The Bertz CT molecular complexity index is 179. The predicted octanol–water partition coefficient (Wildman–Crippen LogP) is -4.37. The molecule has 0 aliphatic heterocycles. The molecule has 5 nitrogen and oxygen atoms in total. The van der Waals surface area contributed by atoms with E-state index in [9.17, 15) is 9.59 Å². The summed E-state index contributed by atoms with van der Waals surface area (Å²) in [5.74, 6) is -0.440. The van der Waals surface area contributed by atoms with Crippen molar-refractivity contribution in [1.82, 2.24) is 0 Å². The topological polar surface area (TPSA) is 57.0 Å². The lowest BCUT2D eigenvalue weighted by molar-refractivity contribution is -0.878. The van der Waals surface area contributed by atoms with Crippen molar-refractivity contribution in [2.45, 2.75) is 12.8 Å². The molecular formula is C9H18ClNO4. The van der Waals surface area contributed by atoms with Gasteiger partial charge in [0.2, 0.25) is 0 Å². The van der Waals surface area contributed by atoms with Crippen molar-refractivity contribution < 1.29 is 36.4 Å². The van der Waals surface area contributed by atoms with Crippen LogP contribution < -0.4 is 17.3 Å². The van der Waals surface area contributed by atoms with Crippen molar-refractivity contribution in [2.24, 2.45) is 0 Å². The summed E-state index contributed by atoms with van der Waals surface area (Å²) in [7, 11) is 4.66. The summed E-state index contributed by atoms with van der Waals surface area (Å²) in [5, 5.41) is 0. The van der Waals surface area contributed by atoms with E-state index in [0.717, 1.165) is 4.90 Å². The molecule has 0 bridgehead atoms. The summed E-state index contributed by atoms with van der Waals surface area (Å²) in [6.07, 6.45) is 0.757. The molecule has 0 aliphatic carbocycles. The van der Waals surface area contributed by atoms with Crippen LogP contribution in [0.4, 0.5) is 0 Å². The molecule has 0 amide bonds. The van der Waals surface area contributed by atoms with Gasteiger partial charge in [-0.15, -0.1) is 0 Å². The van der Waals surface area contributed by atoms with Crippen molar-refractivity contribution in [3.63, 3.8) is 0 Å². The third kappa shape index (κ3) is 9.49. The van der Waals surface area contributed by atoms with Crippen molar-refractivity contribution in [2.75, 3.05) is 34.4 Å². The molecule has 0 fully saturated rings. The summed E-state index contributed by atoms with van der Waals surface area (Å²) in [6.45, 7) is 1.34. The molecule has 0 aromatic carbocycles. The maximum atomic E-state index is 10.8. The lowest BCUT2D eigenvalue weighted by atomic mass is 10.3. The standard InChI is InChI=1S/C9H17NO4.ClH/c1-10(6-4-8(11)13-2)7-5-9(12)14-3;/h4-7H2,1-3H3;1H. The minimum Gasteiger partial charge on any atom is -1.00 e. The van der Waals surface area contributed by atoms with Gasteiger partial charge in [-0.2, -0.15) is 0 Å². The van der Waals surface area contributed by atoms with E-state index in [4.69, 9.17) is 0 Å². The number of carbonyl (C=O) groups excluding carboxylic acids is 2. The highest BCUT2D eigenvalue weighted by Crippen LogP contribution is 1.80. The maximum absolute atomic E-state index is 10.8.